The molecule has 100 valence electrons. The molecule has 0 spiro atoms. The number of nitrogens with zero attached hydrogens (tertiary/aromatic N) is 3. The molecule has 4 heteroatoms. The lowest BCUT2D eigenvalue weighted by atomic mass is 10.1. The monoisotopic (exact) mass is 257 g/mol. The molecule has 2 aromatic rings. The highest BCUT2D eigenvalue weighted by Crippen LogP contribution is 2.15. The second kappa shape index (κ2) is 5.34. The lowest BCUT2D eigenvalue weighted by Gasteiger charge is -2.16. The minimum Gasteiger partial charge on any atom is -0.342 e. The van der Waals surface area contributed by atoms with Gasteiger partial charge in [0.2, 0.25) is 0 Å². The lowest BCUT2D eigenvalue weighted by molar-refractivity contribution is 0.0795. The molecule has 0 bridgehead atoms. The van der Waals surface area contributed by atoms with Gasteiger partial charge in [-0.15, -0.1) is 0 Å². The first-order valence-electron chi connectivity index (χ1n) is 6.53. The molecule has 0 N–H and O–H groups in total. The zero-order valence-corrected chi connectivity index (χ0v) is 11.9. The van der Waals surface area contributed by atoms with Crippen molar-refractivity contribution < 1.29 is 4.79 Å². The number of hydrogen-bond acceptors (Lipinski definition) is 3. The molecular weight excluding hydrogens is 238 g/mol. The van der Waals surface area contributed by atoms with E-state index < -0.39 is 0 Å². The molecule has 0 aliphatic heterocycles. The number of carbonyl (C=O) groups is 1. The van der Waals surface area contributed by atoms with Crippen LogP contribution in [0, 0.1) is 13.8 Å². The van der Waals surface area contributed by atoms with Gasteiger partial charge in [-0.2, -0.15) is 0 Å². The Morgan fingerprint density at radius 3 is 2.42 bits per heavy atom. The van der Waals surface area contributed by atoms with Crippen LogP contribution in [-0.2, 0) is 0 Å². The third-order valence-electron chi connectivity index (χ3n) is 3.23. The standard InChI is InChI=1S/C15H19N3O/c1-5-8-18(4)15(19)12-6-7-13-14(9-12)17-11(3)10(2)16-13/h6-7,9H,5,8H2,1-4H3. The Kier molecular flexibility index (Phi) is 3.79. The van der Waals surface area contributed by atoms with Crippen LogP contribution in [0.15, 0.2) is 18.2 Å². The molecule has 0 saturated heterocycles. The number of amides is 1. The number of benzene rings is 1. The fourth-order valence-electron chi connectivity index (χ4n) is 2.02. The zero-order valence-electron chi connectivity index (χ0n) is 11.9. The molecule has 1 heterocycles. The van der Waals surface area contributed by atoms with Crippen LogP contribution in [0.2, 0.25) is 0 Å². The van der Waals surface area contributed by atoms with Crippen molar-refractivity contribution in [2.24, 2.45) is 0 Å². The highest BCUT2D eigenvalue weighted by atomic mass is 16.2. The molecule has 0 saturated carbocycles. The van der Waals surface area contributed by atoms with E-state index in [-0.39, 0.29) is 5.91 Å². The minimum atomic E-state index is 0.0313. The van der Waals surface area contributed by atoms with Gasteiger partial charge in [-0.1, -0.05) is 6.92 Å². The van der Waals surface area contributed by atoms with Gasteiger partial charge in [0.25, 0.3) is 5.91 Å². The fraction of sp³-hybridized carbons (Fsp3) is 0.400. The smallest absolute Gasteiger partial charge is 0.253 e. The first kappa shape index (κ1) is 13.5. The van der Waals surface area contributed by atoms with E-state index in [1.807, 2.05) is 39.1 Å². The number of hydrogen-bond donors (Lipinski definition) is 0. The van der Waals surface area contributed by atoms with Crippen LogP contribution in [0.3, 0.4) is 0 Å². The second-order valence-electron chi connectivity index (χ2n) is 4.82. The van der Waals surface area contributed by atoms with Gasteiger partial charge in [0.15, 0.2) is 0 Å². The molecule has 0 aliphatic rings. The van der Waals surface area contributed by atoms with E-state index in [1.165, 1.54) is 0 Å². The number of carbonyl (C=O) groups excluding carboxylic acids is 1. The van der Waals surface area contributed by atoms with Crippen molar-refractivity contribution >= 4 is 16.9 Å². The van der Waals surface area contributed by atoms with Crippen LogP contribution in [0.5, 0.6) is 0 Å². The van der Waals surface area contributed by atoms with Gasteiger partial charge in [-0.3, -0.25) is 4.79 Å². The van der Waals surface area contributed by atoms with Crippen molar-refractivity contribution in [1.29, 1.82) is 0 Å². The number of aromatic nitrogens is 2. The normalized spacial score (nSPS) is 10.7. The molecule has 1 amide bonds. The van der Waals surface area contributed by atoms with Crippen molar-refractivity contribution in [3.63, 3.8) is 0 Å². The second-order valence-corrected chi connectivity index (χ2v) is 4.82. The minimum absolute atomic E-state index is 0.0313. The molecule has 0 fully saturated rings. The van der Waals surface area contributed by atoms with Crippen LogP contribution in [-0.4, -0.2) is 34.4 Å². The predicted molar refractivity (Wildman–Crippen MR) is 76.3 cm³/mol. The number of rotatable bonds is 3. The van der Waals surface area contributed by atoms with Crippen LogP contribution in [0.4, 0.5) is 0 Å². The summed E-state index contributed by atoms with van der Waals surface area (Å²) in [6.45, 7) is 6.69. The van der Waals surface area contributed by atoms with E-state index >= 15 is 0 Å². The Bertz CT molecular complexity index is 622. The molecule has 1 aromatic heterocycles. The topological polar surface area (TPSA) is 46.1 Å². The van der Waals surface area contributed by atoms with Gasteiger partial charge in [0.1, 0.15) is 0 Å². The van der Waals surface area contributed by atoms with Crippen LogP contribution in [0.25, 0.3) is 11.0 Å². The molecule has 4 nitrogen and oxygen atoms in total. The Hall–Kier alpha value is -1.97. The Balaban J connectivity index is 2.41. The van der Waals surface area contributed by atoms with Crippen molar-refractivity contribution in [2.75, 3.05) is 13.6 Å². The van der Waals surface area contributed by atoms with E-state index in [0.29, 0.717) is 5.56 Å². The van der Waals surface area contributed by atoms with Gasteiger partial charge in [-0.25, -0.2) is 9.97 Å². The number of fused-ring (bicyclic) bond motifs is 1. The van der Waals surface area contributed by atoms with E-state index in [9.17, 15) is 4.79 Å². The quantitative estimate of drug-likeness (QED) is 0.849. The molecule has 0 atom stereocenters. The predicted octanol–water partition coefficient (Wildman–Crippen LogP) is 2.73. The van der Waals surface area contributed by atoms with E-state index in [4.69, 9.17) is 0 Å². The van der Waals surface area contributed by atoms with Crippen LogP contribution >= 0.6 is 0 Å². The van der Waals surface area contributed by atoms with Crippen LogP contribution < -0.4 is 0 Å². The molecule has 2 rings (SSSR count). The highest BCUT2D eigenvalue weighted by Gasteiger charge is 2.12. The molecular formula is C15H19N3O. The molecule has 1 aromatic carbocycles. The summed E-state index contributed by atoms with van der Waals surface area (Å²) in [6.07, 6.45) is 0.952. The molecule has 0 unspecified atom stereocenters. The van der Waals surface area contributed by atoms with E-state index in [0.717, 1.165) is 35.4 Å². The Morgan fingerprint density at radius 1 is 1.16 bits per heavy atom. The maximum atomic E-state index is 12.2. The van der Waals surface area contributed by atoms with Crippen molar-refractivity contribution in [2.45, 2.75) is 27.2 Å². The zero-order chi connectivity index (χ0) is 14.0. The van der Waals surface area contributed by atoms with Crippen molar-refractivity contribution in [3.05, 3.63) is 35.2 Å². The third kappa shape index (κ3) is 2.72. The maximum Gasteiger partial charge on any atom is 0.253 e. The van der Waals surface area contributed by atoms with Crippen molar-refractivity contribution in [1.82, 2.24) is 14.9 Å². The molecule has 0 radical (unpaired) electrons. The Morgan fingerprint density at radius 2 is 1.79 bits per heavy atom. The average Bonchev–Trinajstić information content (AvgIpc) is 2.39. The summed E-state index contributed by atoms with van der Waals surface area (Å²) < 4.78 is 0. The number of aryl methyl sites for hydroxylation is 2. The summed E-state index contributed by atoms with van der Waals surface area (Å²) in [5.74, 6) is 0.0313. The van der Waals surface area contributed by atoms with E-state index in [1.54, 1.807) is 4.90 Å². The Labute approximate surface area is 113 Å². The largest absolute Gasteiger partial charge is 0.342 e. The van der Waals surface area contributed by atoms with Gasteiger partial charge >= 0.3 is 0 Å². The van der Waals surface area contributed by atoms with Crippen LogP contribution in [0.1, 0.15) is 35.1 Å². The van der Waals surface area contributed by atoms with Gasteiger partial charge < -0.3 is 4.90 Å². The first-order valence-corrected chi connectivity index (χ1v) is 6.53. The average molecular weight is 257 g/mol. The summed E-state index contributed by atoms with van der Waals surface area (Å²) >= 11 is 0. The molecule has 19 heavy (non-hydrogen) atoms. The third-order valence-corrected chi connectivity index (χ3v) is 3.23. The summed E-state index contributed by atoms with van der Waals surface area (Å²) in [4.78, 5) is 22.9. The maximum absolute atomic E-state index is 12.2. The summed E-state index contributed by atoms with van der Waals surface area (Å²) in [7, 11) is 1.82. The van der Waals surface area contributed by atoms with E-state index in [2.05, 4.69) is 16.9 Å². The van der Waals surface area contributed by atoms with Gasteiger partial charge in [0, 0.05) is 19.2 Å². The SMILES string of the molecule is CCCN(C)C(=O)c1ccc2nc(C)c(C)nc2c1. The fourth-order valence-corrected chi connectivity index (χ4v) is 2.02. The van der Waals surface area contributed by atoms with Crippen molar-refractivity contribution in [3.8, 4) is 0 Å². The highest BCUT2D eigenvalue weighted by molar-refractivity contribution is 5.97. The molecule has 0 aliphatic carbocycles. The van der Waals surface area contributed by atoms with Gasteiger partial charge in [-0.05, 0) is 38.5 Å². The summed E-state index contributed by atoms with van der Waals surface area (Å²) in [6, 6.07) is 5.51. The first-order chi connectivity index (χ1) is 9.02. The summed E-state index contributed by atoms with van der Waals surface area (Å²) in [5.41, 5.74) is 4.10. The lowest BCUT2D eigenvalue weighted by Crippen LogP contribution is -2.27. The summed E-state index contributed by atoms with van der Waals surface area (Å²) in [5, 5.41) is 0. The van der Waals surface area contributed by atoms with Gasteiger partial charge in [0.05, 0.1) is 22.4 Å².